The van der Waals surface area contributed by atoms with Crippen molar-refractivity contribution in [3.8, 4) is 0 Å². The average molecular weight is 478 g/mol. The van der Waals surface area contributed by atoms with Crippen LogP contribution >= 0.6 is 15.9 Å². The van der Waals surface area contributed by atoms with Crippen molar-refractivity contribution >= 4 is 38.7 Å². The minimum Gasteiger partial charge on any atom is -0.480 e. The van der Waals surface area contributed by atoms with E-state index < -0.39 is 12.0 Å². The van der Waals surface area contributed by atoms with Gasteiger partial charge in [-0.25, -0.2) is 0 Å². The van der Waals surface area contributed by atoms with E-state index in [1.54, 1.807) is 6.20 Å². The van der Waals surface area contributed by atoms with E-state index in [1.807, 2.05) is 28.0 Å². The van der Waals surface area contributed by atoms with Crippen molar-refractivity contribution in [1.82, 2.24) is 24.6 Å². The number of likely N-dealkylation sites (N-methyl/N-ethyl adjacent to an activating group) is 1. The number of rotatable bonds is 5. The molecule has 1 aromatic carbocycles. The number of aromatic amines is 1. The molecule has 162 valence electrons. The predicted molar refractivity (Wildman–Crippen MR) is 118 cm³/mol. The zero-order chi connectivity index (χ0) is 21.3. The molecule has 2 aliphatic heterocycles. The lowest BCUT2D eigenvalue weighted by Gasteiger charge is -2.39. The number of H-pyrrole nitrogens is 1. The van der Waals surface area contributed by atoms with Gasteiger partial charge < -0.3 is 19.9 Å². The summed E-state index contributed by atoms with van der Waals surface area (Å²) in [5.74, 6) is -0.672. The molecule has 1 atom stereocenters. The number of benzene rings is 1. The zero-order valence-corrected chi connectivity index (χ0v) is 18.8. The van der Waals surface area contributed by atoms with Crippen molar-refractivity contribution < 1.29 is 14.7 Å². The van der Waals surface area contributed by atoms with Crippen molar-refractivity contribution in [2.45, 2.75) is 6.04 Å². The van der Waals surface area contributed by atoms with Gasteiger partial charge in [0.2, 0.25) is 5.91 Å². The molecule has 3 heterocycles. The van der Waals surface area contributed by atoms with E-state index in [9.17, 15) is 14.7 Å². The number of fused-ring (bicyclic) bond motifs is 1. The second kappa shape index (κ2) is 9.05. The highest BCUT2D eigenvalue weighted by Gasteiger charge is 2.33. The molecule has 0 radical (unpaired) electrons. The average Bonchev–Trinajstić information content (AvgIpc) is 3.12. The van der Waals surface area contributed by atoms with Crippen LogP contribution in [0.3, 0.4) is 0 Å². The Kier molecular flexibility index (Phi) is 6.43. The molecule has 0 spiro atoms. The Morgan fingerprint density at radius 3 is 2.47 bits per heavy atom. The molecule has 0 unspecified atom stereocenters. The maximum absolute atomic E-state index is 12.6. The lowest BCUT2D eigenvalue weighted by Crippen LogP contribution is -2.54. The number of nitrogens with one attached hydrogen (secondary N) is 1. The van der Waals surface area contributed by atoms with Crippen LogP contribution in [0.2, 0.25) is 0 Å². The van der Waals surface area contributed by atoms with E-state index in [0.717, 1.165) is 47.1 Å². The molecule has 0 aliphatic carbocycles. The molecule has 2 aromatic rings. The van der Waals surface area contributed by atoms with Crippen molar-refractivity contribution in [2.75, 3.05) is 66.0 Å². The number of carboxylic acids is 1. The van der Waals surface area contributed by atoms with Gasteiger partial charge >= 0.3 is 5.97 Å². The number of hydrogen-bond acceptors (Lipinski definition) is 5. The van der Waals surface area contributed by atoms with Crippen molar-refractivity contribution in [3.63, 3.8) is 0 Å². The predicted octanol–water partition coefficient (Wildman–Crippen LogP) is 1.45. The van der Waals surface area contributed by atoms with E-state index in [-0.39, 0.29) is 5.91 Å². The van der Waals surface area contributed by atoms with Crippen LogP contribution < -0.4 is 0 Å². The molecule has 2 N–H and O–H groups in total. The molecule has 4 rings (SSSR count). The largest absolute Gasteiger partial charge is 0.480 e. The number of carbonyl (C=O) groups is 2. The Hall–Kier alpha value is -1.94. The minimum absolute atomic E-state index is 0.175. The maximum Gasteiger partial charge on any atom is 0.325 e. The number of halogens is 1. The maximum atomic E-state index is 12.6. The molecule has 2 aliphatic rings. The first-order valence-electron chi connectivity index (χ1n) is 10.3. The monoisotopic (exact) mass is 477 g/mol. The van der Waals surface area contributed by atoms with Crippen LogP contribution in [0.25, 0.3) is 10.9 Å². The topological polar surface area (TPSA) is 83.1 Å². The normalized spacial score (nSPS) is 20.5. The van der Waals surface area contributed by atoms with Gasteiger partial charge in [-0.15, -0.1) is 0 Å². The molecule has 30 heavy (non-hydrogen) atoms. The number of aromatic nitrogens is 1. The first-order chi connectivity index (χ1) is 14.4. The number of amides is 1. The summed E-state index contributed by atoms with van der Waals surface area (Å²) >= 11 is 3.46. The lowest BCUT2D eigenvalue weighted by atomic mass is 10.0. The molecular formula is C21H28BrN5O3. The number of nitrogens with zero attached hydrogens (tertiary/aromatic N) is 4. The Morgan fingerprint density at radius 2 is 1.80 bits per heavy atom. The fraction of sp³-hybridized carbons (Fsp3) is 0.524. The Balaban J connectivity index is 1.39. The van der Waals surface area contributed by atoms with Gasteiger partial charge in [0.25, 0.3) is 0 Å². The second-order valence-electron chi connectivity index (χ2n) is 8.17. The SMILES string of the molecule is CN1CCN(C(=O)CN2CCN([C@H](C(=O)O)c3c[nH]c4cc(Br)ccc34)CC2)CC1. The molecular weight excluding hydrogens is 450 g/mol. The van der Waals surface area contributed by atoms with Gasteiger partial charge in [0, 0.05) is 79.5 Å². The molecule has 1 amide bonds. The third kappa shape index (κ3) is 4.54. The fourth-order valence-electron chi connectivity index (χ4n) is 4.36. The van der Waals surface area contributed by atoms with Crippen LogP contribution in [0.15, 0.2) is 28.9 Å². The quantitative estimate of drug-likeness (QED) is 0.677. The molecule has 8 nitrogen and oxygen atoms in total. The zero-order valence-electron chi connectivity index (χ0n) is 17.2. The highest BCUT2D eigenvalue weighted by Crippen LogP contribution is 2.31. The van der Waals surface area contributed by atoms with E-state index >= 15 is 0 Å². The first kappa shape index (κ1) is 21.3. The van der Waals surface area contributed by atoms with Crippen LogP contribution in [-0.2, 0) is 9.59 Å². The van der Waals surface area contributed by atoms with Crippen LogP contribution in [0, 0.1) is 0 Å². The highest BCUT2D eigenvalue weighted by molar-refractivity contribution is 9.10. The summed E-state index contributed by atoms with van der Waals surface area (Å²) < 4.78 is 0.953. The number of aliphatic carboxylic acids is 1. The van der Waals surface area contributed by atoms with Crippen molar-refractivity contribution in [3.05, 3.63) is 34.4 Å². The summed E-state index contributed by atoms with van der Waals surface area (Å²) in [6.07, 6.45) is 1.80. The van der Waals surface area contributed by atoms with Gasteiger partial charge in [-0.1, -0.05) is 22.0 Å². The van der Waals surface area contributed by atoms with Gasteiger partial charge in [-0.05, 0) is 19.2 Å². The summed E-state index contributed by atoms with van der Waals surface area (Å²) in [4.78, 5) is 36.3. The Morgan fingerprint density at radius 1 is 1.10 bits per heavy atom. The summed E-state index contributed by atoms with van der Waals surface area (Å²) in [5, 5.41) is 10.9. The minimum atomic E-state index is -0.846. The van der Waals surface area contributed by atoms with E-state index in [2.05, 4.69) is 37.8 Å². The number of hydrogen-bond donors (Lipinski definition) is 2. The molecule has 2 saturated heterocycles. The van der Waals surface area contributed by atoms with E-state index in [4.69, 9.17) is 0 Å². The van der Waals surface area contributed by atoms with Crippen LogP contribution in [0.4, 0.5) is 0 Å². The molecule has 1 aromatic heterocycles. The third-order valence-corrected chi connectivity index (χ3v) is 6.68. The smallest absolute Gasteiger partial charge is 0.325 e. The summed E-state index contributed by atoms with van der Waals surface area (Å²) in [6, 6.07) is 5.14. The van der Waals surface area contributed by atoms with Crippen LogP contribution in [0.1, 0.15) is 11.6 Å². The summed E-state index contributed by atoms with van der Waals surface area (Å²) in [6.45, 7) is 6.44. The Labute approximate surface area is 184 Å². The van der Waals surface area contributed by atoms with Crippen LogP contribution in [0.5, 0.6) is 0 Å². The molecule has 9 heteroatoms. The highest BCUT2D eigenvalue weighted by atomic mass is 79.9. The summed E-state index contributed by atoms with van der Waals surface area (Å²) in [5.41, 5.74) is 1.70. The van der Waals surface area contributed by atoms with Gasteiger partial charge in [-0.2, -0.15) is 0 Å². The molecule has 0 bridgehead atoms. The molecule has 0 saturated carbocycles. The van der Waals surface area contributed by atoms with Crippen LogP contribution in [-0.4, -0.2) is 108 Å². The number of carboxylic acid groups (broad SMARTS) is 1. The fourth-order valence-corrected chi connectivity index (χ4v) is 4.72. The lowest BCUT2D eigenvalue weighted by molar-refractivity contribution is -0.145. The van der Waals surface area contributed by atoms with E-state index in [1.165, 1.54) is 0 Å². The number of piperazine rings is 2. The second-order valence-corrected chi connectivity index (χ2v) is 9.09. The van der Waals surface area contributed by atoms with Gasteiger partial charge in [0.05, 0.1) is 6.54 Å². The Bertz CT molecular complexity index is 917. The van der Waals surface area contributed by atoms with Gasteiger partial charge in [0.15, 0.2) is 0 Å². The van der Waals surface area contributed by atoms with Gasteiger partial charge in [-0.3, -0.25) is 19.4 Å². The van der Waals surface area contributed by atoms with E-state index in [0.29, 0.717) is 32.7 Å². The first-order valence-corrected chi connectivity index (χ1v) is 11.1. The van der Waals surface area contributed by atoms with Crippen molar-refractivity contribution in [2.24, 2.45) is 0 Å². The number of carbonyl (C=O) groups excluding carboxylic acids is 1. The summed E-state index contributed by atoms with van der Waals surface area (Å²) in [7, 11) is 2.08. The third-order valence-electron chi connectivity index (χ3n) is 6.19. The van der Waals surface area contributed by atoms with Crippen molar-refractivity contribution in [1.29, 1.82) is 0 Å². The molecule has 2 fully saturated rings. The van der Waals surface area contributed by atoms with Gasteiger partial charge in [0.1, 0.15) is 6.04 Å². The standard InChI is InChI=1S/C21H28BrN5O3/c1-24-4-8-26(9-5-24)19(28)14-25-6-10-27(11-7-25)20(21(29)30)17-13-23-18-12-15(22)2-3-16(17)18/h2-3,12-13,20,23H,4-11,14H2,1H3,(H,29,30)/t20-/m0/s1.